The van der Waals surface area contributed by atoms with Crippen LogP contribution >= 0.6 is 0 Å². The molecule has 0 aliphatic carbocycles. The third-order valence-electron chi connectivity index (χ3n) is 4.24. The fourth-order valence-corrected chi connectivity index (χ4v) is 2.68. The molecular formula is C19H21N3O2. The van der Waals surface area contributed by atoms with E-state index in [2.05, 4.69) is 4.98 Å². The van der Waals surface area contributed by atoms with Crippen molar-refractivity contribution in [1.82, 2.24) is 14.5 Å². The van der Waals surface area contributed by atoms with Crippen molar-refractivity contribution < 1.29 is 9.53 Å². The minimum Gasteiger partial charge on any atom is -0.496 e. The quantitative estimate of drug-likeness (QED) is 0.724. The van der Waals surface area contributed by atoms with Crippen molar-refractivity contribution in [1.29, 1.82) is 0 Å². The average Bonchev–Trinajstić information content (AvgIpc) is 3.02. The Labute approximate surface area is 141 Å². The number of para-hydroxylation sites is 1. The Balaban J connectivity index is 1.95. The number of hydrogen-bond acceptors (Lipinski definition) is 3. The SMILES string of the molecule is CCN(C)C(=O)Cn1cnc2cc(-c3ccccc3OC)ccc21. The van der Waals surface area contributed by atoms with Gasteiger partial charge < -0.3 is 14.2 Å². The highest BCUT2D eigenvalue weighted by Crippen LogP contribution is 2.31. The summed E-state index contributed by atoms with van der Waals surface area (Å²) < 4.78 is 7.32. The molecule has 0 spiro atoms. The van der Waals surface area contributed by atoms with Crippen LogP contribution in [0.25, 0.3) is 22.2 Å². The molecule has 2 aromatic carbocycles. The second kappa shape index (κ2) is 6.74. The molecule has 0 saturated heterocycles. The lowest BCUT2D eigenvalue weighted by molar-refractivity contribution is -0.130. The van der Waals surface area contributed by atoms with Crippen molar-refractivity contribution in [2.75, 3.05) is 20.7 Å². The third kappa shape index (κ3) is 2.97. The van der Waals surface area contributed by atoms with Crippen LogP contribution in [0.15, 0.2) is 48.8 Å². The molecule has 24 heavy (non-hydrogen) atoms. The first-order chi connectivity index (χ1) is 11.6. The molecule has 0 aliphatic rings. The monoisotopic (exact) mass is 323 g/mol. The average molecular weight is 323 g/mol. The summed E-state index contributed by atoms with van der Waals surface area (Å²) in [6.07, 6.45) is 1.72. The molecule has 0 unspecified atom stereocenters. The minimum atomic E-state index is 0.0746. The van der Waals surface area contributed by atoms with Gasteiger partial charge in [0.15, 0.2) is 0 Å². The molecule has 0 radical (unpaired) electrons. The van der Waals surface area contributed by atoms with Gasteiger partial charge in [-0.05, 0) is 30.7 Å². The predicted molar refractivity (Wildman–Crippen MR) is 95.0 cm³/mol. The summed E-state index contributed by atoms with van der Waals surface area (Å²) in [5.41, 5.74) is 3.89. The molecule has 5 heteroatoms. The lowest BCUT2D eigenvalue weighted by Crippen LogP contribution is -2.29. The van der Waals surface area contributed by atoms with E-state index in [1.807, 2.05) is 54.0 Å². The predicted octanol–water partition coefficient (Wildman–Crippen LogP) is 3.19. The summed E-state index contributed by atoms with van der Waals surface area (Å²) in [5, 5.41) is 0. The van der Waals surface area contributed by atoms with Crippen molar-refractivity contribution in [3.8, 4) is 16.9 Å². The number of carbonyl (C=O) groups excluding carboxylic acids is 1. The van der Waals surface area contributed by atoms with Crippen LogP contribution in [0.2, 0.25) is 0 Å². The van der Waals surface area contributed by atoms with Crippen molar-refractivity contribution in [2.24, 2.45) is 0 Å². The molecule has 0 saturated carbocycles. The first kappa shape index (κ1) is 16.1. The van der Waals surface area contributed by atoms with Gasteiger partial charge in [0.25, 0.3) is 0 Å². The van der Waals surface area contributed by atoms with Crippen molar-refractivity contribution in [3.05, 3.63) is 48.8 Å². The third-order valence-corrected chi connectivity index (χ3v) is 4.24. The Morgan fingerprint density at radius 2 is 2.04 bits per heavy atom. The number of imidazole rings is 1. The molecule has 124 valence electrons. The number of methoxy groups -OCH3 is 1. The zero-order chi connectivity index (χ0) is 17.1. The molecule has 0 fully saturated rings. The van der Waals surface area contributed by atoms with Crippen molar-refractivity contribution in [2.45, 2.75) is 13.5 Å². The van der Waals surface area contributed by atoms with Gasteiger partial charge in [0, 0.05) is 19.2 Å². The van der Waals surface area contributed by atoms with Crippen LogP contribution in [-0.2, 0) is 11.3 Å². The van der Waals surface area contributed by atoms with E-state index in [0.29, 0.717) is 13.1 Å². The van der Waals surface area contributed by atoms with Crippen LogP contribution in [0.4, 0.5) is 0 Å². The van der Waals surface area contributed by atoms with E-state index in [1.54, 1.807) is 25.4 Å². The number of carbonyl (C=O) groups is 1. The Kier molecular flexibility index (Phi) is 4.51. The van der Waals surface area contributed by atoms with Crippen LogP contribution in [0.5, 0.6) is 5.75 Å². The van der Waals surface area contributed by atoms with Crippen LogP contribution in [0.1, 0.15) is 6.92 Å². The standard InChI is InChI=1S/C19H21N3O2/c1-4-21(2)19(23)12-22-13-20-16-11-14(9-10-17(16)22)15-7-5-6-8-18(15)24-3/h5-11,13H,4,12H2,1-3H3. The molecule has 1 heterocycles. The maximum Gasteiger partial charge on any atom is 0.242 e. The highest BCUT2D eigenvalue weighted by atomic mass is 16.5. The highest BCUT2D eigenvalue weighted by Gasteiger charge is 2.12. The number of aromatic nitrogens is 2. The molecule has 0 bridgehead atoms. The summed E-state index contributed by atoms with van der Waals surface area (Å²) in [6.45, 7) is 2.96. The highest BCUT2D eigenvalue weighted by molar-refractivity contribution is 5.85. The van der Waals surface area contributed by atoms with E-state index in [1.165, 1.54) is 0 Å². The Bertz CT molecular complexity index is 870. The van der Waals surface area contributed by atoms with Gasteiger partial charge in [0.1, 0.15) is 12.3 Å². The number of nitrogens with zero attached hydrogens (tertiary/aromatic N) is 3. The van der Waals surface area contributed by atoms with Gasteiger partial charge in [-0.1, -0.05) is 24.3 Å². The smallest absolute Gasteiger partial charge is 0.242 e. The second-order valence-corrected chi connectivity index (χ2v) is 5.68. The van der Waals surface area contributed by atoms with E-state index in [0.717, 1.165) is 27.9 Å². The zero-order valence-electron chi connectivity index (χ0n) is 14.2. The minimum absolute atomic E-state index is 0.0746. The zero-order valence-corrected chi connectivity index (χ0v) is 14.2. The Hall–Kier alpha value is -2.82. The maximum absolute atomic E-state index is 12.1. The normalized spacial score (nSPS) is 10.8. The van der Waals surface area contributed by atoms with E-state index < -0.39 is 0 Å². The number of fused-ring (bicyclic) bond motifs is 1. The first-order valence-electron chi connectivity index (χ1n) is 7.96. The van der Waals surface area contributed by atoms with Crippen LogP contribution in [0, 0.1) is 0 Å². The summed E-state index contributed by atoms with van der Waals surface area (Å²) in [7, 11) is 3.48. The lowest BCUT2D eigenvalue weighted by Gasteiger charge is -2.15. The fraction of sp³-hybridized carbons (Fsp3) is 0.263. The van der Waals surface area contributed by atoms with E-state index >= 15 is 0 Å². The summed E-state index contributed by atoms with van der Waals surface area (Å²) in [4.78, 5) is 18.3. The molecule has 0 atom stereocenters. The number of rotatable bonds is 5. The maximum atomic E-state index is 12.1. The number of ether oxygens (including phenoxy) is 1. The fourth-order valence-electron chi connectivity index (χ4n) is 2.68. The Morgan fingerprint density at radius 3 is 2.79 bits per heavy atom. The molecule has 0 aliphatic heterocycles. The number of likely N-dealkylation sites (N-methyl/N-ethyl adjacent to an activating group) is 1. The lowest BCUT2D eigenvalue weighted by atomic mass is 10.0. The number of benzene rings is 2. The van der Waals surface area contributed by atoms with Crippen LogP contribution in [0.3, 0.4) is 0 Å². The molecule has 3 rings (SSSR count). The van der Waals surface area contributed by atoms with Crippen molar-refractivity contribution in [3.63, 3.8) is 0 Å². The first-order valence-corrected chi connectivity index (χ1v) is 7.96. The van der Waals surface area contributed by atoms with E-state index in [-0.39, 0.29) is 5.91 Å². The van der Waals surface area contributed by atoms with Gasteiger partial charge in [-0.25, -0.2) is 4.98 Å². The molecule has 3 aromatic rings. The van der Waals surface area contributed by atoms with Gasteiger partial charge in [-0.2, -0.15) is 0 Å². The largest absolute Gasteiger partial charge is 0.496 e. The number of amides is 1. The van der Waals surface area contributed by atoms with Crippen molar-refractivity contribution >= 4 is 16.9 Å². The summed E-state index contributed by atoms with van der Waals surface area (Å²) in [5.74, 6) is 0.904. The second-order valence-electron chi connectivity index (χ2n) is 5.68. The molecule has 0 N–H and O–H groups in total. The van der Waals surface area contributed by atoms with Crippen LogP contribution in [-0.4, -0.2) is 41.1 Å². The van der Waals surface area contributed by atoms with E-state index in [4.69, 9.17) is 4.74 Å². The Morgan fingerprint density at radius 1 is 1.25 bits per heavy atom. The van der Waals surface area contributed by atoms with E-state index in [9.17, 15) is 4.79 Å². The van der Waals surface area contributed by atoms with Gasteiger partial charge in [-0.3, -0.25) is 4.79 Å². The molecule has 1 aromatic heterocycles. The van der Waals surface area contributed by atoms with Gasteiger partial charge in [0.05, 0.1) is 24.5 Å². The van der Waals surface area contributed by atoms with Gasteiger partial charge >= 0.3 is 0 Å². The van der Waals surface area contributed by atoms with Gasteiger partial charge in [-0.15, -0.1) is 0 Å². The molecule has 1 amide bonds. The summed E-state index contributed by atoms with van der Waals surface area (Å²) >= 11 is 0. The summed E-state index contributed by atoms with van der Waals surface area (Å²) in [6, 6.07) is 14.0. The number of hydrogen-bond donors (Lipinski definition) is 0. The molecular weight excluding hydrogens is 302 g/mol. The topological polar surface area (TPSA) is 47.4 Å². The molecule has 5 nitrogen and oxygen atoms in total. The van der Waals surface area contributed by atoms with Gasteiger partial charge in [0.2, 0.25) is 5.91 Å². The van der Waals surface area contributed by atoms with Crippen LogP contribution < -0.4 is 4.74 Å².